The molecule has 0 bridgehead atoms. The quantitative estimate of drug-likeness (QED) is 0.0797. The second-order valence-electron chi connectivity index (χ2n) is 15.0. The Balaban J connectivity index is 1.08. The van der Waals surface area contributed by atoms with Gasteiger partial charge in [-0.2, -0.15) is 0 Å². The molecular weight excluding hydrogens is 673 g/mol. The summed E-state index contributed by atoms with van der Waals surface area (Å²) in [5, 5.41) is 7.49. The van der Waals surface area contributed by atoms with E-state index in [1.807, 2.05) is 0 Å². The van der Waals surface area contributed by atoms with Gasteiger partial charge in [0, 0.05) is 21.9 Å². The number of benzene rings is 2. The zero-order valence-corrected chi connectivity index (χ0v) is 34.1. The molecule has 2 nitrogen and oxygen atoms in total. The van der Waals surface area contributed by atoms with Crippen LogP contribution >= 0.6 is 48.0 Å². The smallest absolute Gasteiger partial charge is 0.138 e. The maximum absolute atomic E-state index is 5.87. The fraction of sp³-hybridized carbons (Fsp3) is 0.674. The van der Waals surface area contributed by atoms with Gasteiger partial charge in [-0.25, -0.2) is 0 Å². The maximum atomic E-state index is 5.87. The molecule has 0 amide bonds. The van der Waals surface area contributed by atoms with Crippen LogP contribution in [0.25, 0.3) is 0 Å². The van der Waals surface area contributed by atoms with Gasteiger partial charge in [-0.1, -0.05) is 162 Å². The van der Waals surface area contributed by atoms with Crippen molar-refractivity contribution < 1.29 is 0 Å². The van der Waals surface area contributed by atoms with Crippen LogP contribution in [0.4, 0.5) is 0 Å². The summed E-state index contributed by atoms with van der Waals surface area (Å²) in [6.07, 6.45) is 30.3. The van der Waals surface area contributed by atoms with E-state index in [0.29, 0.717) is 12.1 Å². The molecule has 0 heterocycles. The molecule has 4 rings (SSSR count). The lowest BCUT2D eigenvalue weighted by Gasteiger charge is -2.35. The van der Waals surface area contributed by atoms with E-state index in [0.717, 1.165) is 20.5 Å². The van der Waals surface area contributed by atoms with Crippen LogP contribution in [0.1, 0.15) is 160 Å². The van der Waals surface area contributed by atoms with E-state index >= 15 is 0 Å². The summed E-state index contributed by atoms with van der Waals surface area (Å²) in [4.78, 5) is 2.69. The van der Waals surface area contributed by atoms with Gasteiger partial charge in [0.05, 0.1) is 0 Å². The van der Waals surface area contributed by atoms with Gasteiger partial charge < -0.3 is 10.6 Å². The zero-order valence-electron chi connectivity index (χ0n) is 30.8. The third-order valence-electron chi connectivity index (χ3n) is 11.0. The molecule has 0 aliphatic heterocycles. The van der Waals surface area contributed by atoms with Crippen molar-refractivity contribution in [3.8, 4) is 0 Å². The number of unbranched alkanes of at least 4 members (excludes halogenated alkanes) is 10. The highest BCUT2D eigenvalue weighted by Gasteiger charge is 2.28. The SMILES string of the molecule is CCCCCCCCc1ccccc1SC(=S)NC1CCC(CC2CCC(NC(=S)Sc3ccccc3CCCCCCCC)CC2)CC1. The average Bonchev–Trinajstić information content (AvgIpc) is 3.11. The van der Waals surface area contributed by atoms with E-state index in [1.54, 1.807) is 23.5 Å². The van der Waals surface area contributed by atoms with Gasteiger partial charge in [0.2, 0.25) is 0 Å². The van der Waals surface area contributed by atoms with Crippen LogP contribution in [0.15, 0.2) is 58.3 Å². The molecule has 0 atom stereocenters. The highest BCUT2D eigenvalue weighted by molar-refractivity contribution is 8.23. The normalized spacial score (nSPS) is 20.9. The molecule has 0 aromatic heterocycles. The summed E-state index contributed by atoms with van der Waals surface area (Å²) in [6.45, 7) is 4.57. The van der Waals surface area contributed by atoms with Gasteiger partial charge >= 0.3 is 0 Å². The zero-order chi connectivity index (χ0) is 34.5. The van der Waals surface area contributed by atoms with E-state index in [4.69, 9.17) is 24.4 Å². The third kappa shape index (κ3) is 16.0. The van der Waals surface area contributed by atoms with Crippen LogP contribution in [0, 0.1) is 11.8 Å². The first-order valence-corrected chi connectivity index (χ1v) is 22.6. The predicted molar refractivity (Wildman–Crippen MR) is 226 cm³/mol. The lowest BCUT2D eigenvalue weighted by atomic mass is 9.76. The largest absolute Gasteiger partial charge is 0.368 e. The molecule has 6 heteroatoms. The molecule has 0 radical (unpaired) electrons. The Bertz CT molecular complexity index is 1120. The molecule has 2 fully saturated rings. The number of nitrogens with one attached hydrogen (secondary N) is 2. The van der Waals surface area contributed by atoms with Gasteiger partial charge in [-0.3, -0.25) is 0 Å². The summed E-state index contributed by atoms with van der Waals surface area (Å²) < 4.78 is 1.92. The van der Waals surface area contributed by atoms with Crippen molar-refractivity contribution >= 4 is 56.6 Å². The van der Waals surface area contributed by atoms with Crippen LogP contribution in [0.2, 0.25) is 0 Å². The Labute approximate surface area is 320 Å². The number of hydrogen-bond donors (Lipinski definition) is 2. The number of aryl methyl sites for hydroxylation is 2. The lowest BCUT2D eigenvalue weighted by Crippen LogP contribution is -2.37. The molecule has 2 aliphatic carbocycles. The molecule has 2 N–H and O–H groups in total. The van der Waals surface area contributed by atoms with Crippen LogP contribution in [-0.4, -0.2) is 20.7 Å². The van der Waals surface area contributed by atoms with Gasteiger partial charge in [0.25, 0.3) is 0 Å². The Morgan fingerprint density at radius 2 is 0.898 bits per heavy atom. The number of thioether (sulfide) groups is 2. The van der Waals surface area contributed by atoms with Crippen LogP contribution in [-0.2, 0) is 12.8 Å². The van der Waals surface area contributed by atoms with Gasteiger partial charge in [-0.05, 0) is 119 Å². The predicted octanol–water partition coefficient (Wildman–Crippen LogP) is 13.6. The van der Waals surface area contributed by atoms with Crippen molar-refractivity contribution in [1.29, 1.82) is 0 Å². The topological polar surface area (TPSA) is 24.1 Å². The van der Waals surface area contributed by atoms with Crippen LogP contribution in [0.3, 0.4) is 0 Å². The molecule has 2 aromatic rings. The summed E-state index contributed by atoms with van der Waals surface area (Å²) >= 11 is 15.3. The number of hydrogen-bond acceptors (Lipinski definition) is 4. The first-order valence-electron chi connectivity index (χ1n) is 20.2. The molecule has 2 aromatic carbocycles. The molecular formula is C43H66N2S4. The first-order chi connectivity index (χ1) is 24.0. The van der Waals surface area contributed by atoms with E-state index in [9.17, 15) is 0 Å². The summed E-state index contributed by atoms with van der Waals surface area (Å²) in [5.74, 6) is 1.76. The summed E-state index contributed by atoms with van der Waals surface area (Å²) in [6, 6.07) is 18.9. The van der Waals surface area contributed by atoms with Gasteiger partial charge in [0.1, 0.15) is 8.64 Å². The molecule has 49 heavy (non-hydrogen) atoms. The number of rotatable bonds is 20. The minimum absolute atomic E-state index is 0.538. The second kappa shape index (κ2) is 24.2. The van der Waals surface area contributed by atoms with E-state index < -0.39 is 0 Å². The highest BCUT2D eigenvalue weighted by atomic mass is 32.2. The van der Waals surface area contributed by atoms with Crippen LogP contribution in [0.5, 0.6) is 0 Å². The molecule has 2 aliphatic rings. The maximum Gasteiger partial charge on any atom is 0.138 e. The fourth-order valence-electron chi connectivity index (χ4n) is 7.96. The number of thiocarbonyl (C=S) groups is 2. The van der Waals surface area contributed by atoms with Crippen molar-refractivity contribution in [3.05, 3.63) is 59.7 Å². The van der Waals surface area contributed by atoms with Crippen molar-refractivity contribution in [3.63, 3.8) is 0 Å². The highest BCUT2D eigenvalue weighted by Crippen LogP contribution is 2.36. The molecule has 0 saturated heterocycles. The lowest BCUT2D eigenvalue weighted by molar-refractivity contribution is 0.218. The fourth-order valence-corrected chi connectivity index (χ4v) is 10.6. The van der Waals surface area contributed by atoms with E-state index in [2.05, 4.69) is 73.0 Å². The van der Waals surface area contributed by atoms with Crippen molar-refractivity contribution in [2.75, 3.05) is 0 Å². The summed E-state index contributed by atoms with van der Waals surface area (Å²) in [5.41, 5.74) is 2.93. The van der Waals surface area contributed by atoms with Crippen molar-refractivity contribution in [2.45, 2.75) is 183 Å². The van der Waals surface area contributed by atoms with E-state index in [1.165, 1.54) is 169 Å². The average molecular weight is 739 g/mol. The Morgan fingerprint density at radius 3 is 1.31 bits per heavy atom. The van der Waals surface area contributed by atoms with Gasteiger partial charge in [-0.15, -0.1) is 0 Å². The van der Waals surface area contributed by atoms with Crippen molar-refractivity contribution in [1.82, 2.24) is 10.6 Å². The Hall–Kier alpha value is -1.08. The molecule has 2 saturated carbocycles. The van der Waals surface area contributed by atoms with E-state index in [-0.39, 0.29) is 0 Å². The van der Waals surface area contributed by atoms with Crippen LogP contribution < -0.4 is 10.6 Å². The Morgan fingerprint density at radius 1 is 0.531 bits per heavy atom. The molecule has 0 spiro atoms. The minimum atomic E-state index is 0.538. The first kappa shape index (κ1) is 40.7. The molecule has 272 valence electrons. The third-order valence-corrected chi connectivity index (χ3v) is 13.5. The standard InChI is InChI=1S/C43H66N2S4/c1-3-5-7-9-11-13-19-36-21-15-17-23-40(36)48-42(46)44-38-29-25-34(26-30-38)33-35-27-31-39(32-28-35)45-43(47)49-41-24-18-16-22-37(41)20-14-12-10-8-6-4-2/h15-18,21-24,34-35,38-39H,3-14,19-20,25-33H2,1-2H3,(H,44,46)(H,45,47). The minimum Gasteiger partial charge on any atom is -0.368 e. The molecule has 0 unspecified atom stereocenters. The van der Waals surface area contributed by atoms with Crippen molar-refractivity contribution in [2.24, 2.45) is 11.8 Å². The monoisotopic (exact) mass is 738 g/mol. The summed E-state index contributed by atoms with van der Waals surface area (Å²) in [7, 11) is 0. The Kier molecular flexibility index (Phi) is 20.1. The van der Waals surface area contributed by atoms with Gasteiger partial charge in [0.15, 0.2) is 0 Å². The second-order valence-corrected chi connectivity index (χ2v) is 18.4.